The van der Waals surface area contributed by atoms with Gasteiger partial charge in [0, 0.05) is 25.2 Å². The molecule has 2 fully saturated rings. The molecule has 0 N–H and O–H groups in total. The van der Waals surface area contributed by atoms with Crippen molar-refractivity contribution in [1.29, 1.82) is 0 Å². The van der Waals surface area contributed by atoms with Gasteiger partial charge in [-0.05, 0) is 31.7 Å². The number of aryl methyl sites for hydroxylation is 1. The predicted octanol–water partition coefficient (Wildman–Crippen LogP) is 4.69. The molecule has 1 aliphatic heterocycles. The van der Waals surface area contributed by atoms with Gasteiger partial charge in [-0.15, -0.1) is 0 Å². The van der Waals surface area contributed by atoms with E-state index in [1.807, 2.05) is 7.05 Å². The highest BCUT2D eigenvalue weighted by Crippen LogP contribution is 2.41. The van der Waals surface area contributed by atoms with Crippen molar-refractivity contribution in [2.45, 2.75) is 56.9 Å². The van der Waals surface area contributed by atoms with Crippen LogP contribution in [-0.2, 0) is 7.05 Å². The first-order chi connectivity index (χ1) is 15.0. The second-order valence-electron chi connectivity index (χ2n) is 8.34. The summed E-state index contributed by atoms with van der Waals surface area (Å²) in [6.07, 6.45) is 5.68. The molecular weight excluding hydrogens is 426 g/mol. The van der Waals surface area contributed by atoms with Crippen molar-refractivity contribution in [3.8, 4) is 0 Å². The monoisotopic (exact) mass is 448 g/mol. The zero-order valence-corrected chi connectivity index (χ0v) is 17.9. The lowest BCUT2D eigenvalue weighted by Crippen LogP contribution is -2.36. The zero-order chi connectivity index (χ0) is 21.7. The molecule has 0 radical (unpaired) electrons. The standard InChI is InChI=1S/C21H23ClF2N6O/c1-28-18(14(22)11-25-28)16-5-3-2-4-8-29(16)21(31)13-10-26-30-17(19(23)24)9-15(12-6-7-12)27-20(13)30/h9-12,16,19H,2-8H2,1H3/t16-/m0/s1. The van der Waals surface area contributed by atoms with Gasteiger partial charge in [0.25, 0.3) is 12.3 Å². The minimum Gasteiger partial charge on any atom is -0.330 e. The molecule has 164 valence electrons. The average molecular weight is 449 g/mol. The fourth-order valence-corrected chi connectivity index (χ4v) is 4.78. The van der Waals surface area contributed by atoms with Crippen molar-refractivity contribution in [2.24, 2.45) is 7.05 Å². The summed E-state index contributed by atoms with van der Waals surface area (Å²) in [6.45, 7) is 0.548. The van der Waals surface area contributed by atoms with E-state index in [9.17, 15) is 13.6 Å². The first-order valence-electron chi connectivity index (χ1n) is 10.6. The number of halogens is 3. The number of aromatic nitrogens is 5. The van der Waals surface area contributed by atoms with Crippen LogP contribution in [0.5, 0.6) is 0 Å². The van der Waals surface area contributed by atoms with Gasteiger partial charge in [-0.3, -0.25) is 9.48 Å². The number of hydrogen-bond acceptors (Lipinski definition) is 4. The summed E-state index contributed by atoms with van der Waals surface area (Å²) in [5.41, 5.74) is 1.61. The largest absolute Gasteiger partial charge is 0.330 e. The molecule has 4 heterocycles. The number of likely N-dealkylation sites (tertiary alicyclic amines) is 1. The van der Waals surface area contributed by atoms with E-state index < -0.39 is 6.43 Å². The Morgan fingerprint density at radius 1 is 1.16 bits per heavy atom. The van der Waals surface area contributed by atoms with Crippen LogP contribution < -0.4 is 0 Å². The number of amides is 1. The third kappa shape index (κ3) is 3.58. The Labute approximate surface area is 183 Å². The van der Waals surface area contributed by atoms with E-state index >= 15 is 0 Å². The molecule has 31 heavy (non-hydrogen) atoms. The van der Waals surface area contributed by atoms with Gasteiger partial charge in [0.05, 0.1) is 29.2 Å². The molecule has 10 heteroatoms. The Morgan fingerprint density at radius 3 is 2.65 bits per heavy atom. The molecule has 2 aliphatic rings. The van der Waals surface area contributed by atoms with Gasteiger partial charge in [0.2, 0.25) is 0 Å². The van der Waals surface area contributed by atoms with Crippen molar-refractivity contribution >= 4 is 23.2 Å². The van der Waals surface area contributed by atoms with Crippen molar-refractivity contribution < 1.29 is 13.6 Å². The van der Waals surface area contributed by atoms with E-state index in [-0.39, 0.29) is 34.8 Å². The van der Waals surface area contributed by atoms with Crippen LogP contribution in [0, 0.1) is 0 Å². The molecule has 0 aromatic carbocycles. The zero-order valence-electron chi connectivity index (χ0n) is 17.1. The maximum absolute atomic E-state index is 13.7. The minimum atomic E-state index is -2.70. The highest BCUT2D eigenvalue weighted by molar-refractivity contribution is 6.31. The number of nitrogens with zero attached hydrogens (tertiary/aromatic N) is 6. The molecular formula is C21H23ClF2N6O. The van der Waals surface area contributed by atoms with Crippen molar-refractivity contribution in [3.63, 3.8) is 0 Å². The van der Waals surface area contributed by atoms with E-state index in [1.54, 1.807) is 15.8 Å². The number of fused-ring (bicyclic) bond motifs is 1. The van der Waals surface area contributed by atoms with E-state index in [4.69, 9.17) is 11.6 Å². The maximum atomic E-state index is 13.7. The van der Waals surface area contributed by atoms with Crippen LogP contribution >= 0.6 is 11.6 Å². The van der Waals surface area contributed by atoms with Crippen LogP contribution in [0.3, 0.4) is 0 Å². The summed E-state index contributed by atoms with van der Waals surface area (Å²) in [5.74, 6) is -0.0839. The normalized spacial score (nSPS) is 19.9. The number of carbonyl (C=O) groups is 1. The molecule has 5 rings (SSSR count). The Bertz CT molecular complexity index is 1120. The third-order valence-electron chi connectivity index (χ3n) is 6.24. The van der Waals surface area contributed by atoms with Crippen LogP contribution in [-0.4, -0.2) is 41.7 Å². The molecule has 7 nitrogen and oxygen atoms in total. The number of alkyl halides is 2. The van der Waals surface area contributed by atoms with Crippen LogP contribution in [0.2, 0.25) is 5.02 Å². The maximum Gasteiger partial charge on any atom is 0.280 e. The van der Waals surface area contributed by atoms with Crippen LogP contribution in [0.15, 0.2) is 18.5 Å². The highest BCUT2D eigenvalue weighted by Gasteiger charge is 2.34. The summed E-state index contributed by atoms with van der Waals surface area (Å²) in [6, 6.07) is 1.17. The van der Waals surface area contributed by atoms with Gasteiger partial charge < -0.3 is 4.90 Å². The van der Waals surface area contributed by atoms with Crippen molar-refractivity contribution in [2.75, 3.05) is 6.54 Å². The highest BCUT2D eigenvalue weighted by atomic mass is 35.5. The van der Waals surface area contributed by atoms with Gasteiger partial charge in [-0.1, -0.05) is 24.4 Å². The summed E-state index contributed by atoms with van der Waals surface area (Å²) in [7, 11) is 1.81. The molecule has 3 aromatic heterocycles. The van der Waals surface area contributed by atoms with Crippen LogP contribution in [0.4, 0.5) is 8.78 Å². The van der Waals surface area contributed by atoms with E-state index in [0.29, 0.717) is 17.3 Å². The number of hydrogen-bond donors (Lipinski definition) is 0. The summed E-state index contributed by atoms with van der Waals surface area (Å²) in [4.78, 5) is 20.1. The molecule has 1 aliphatic carbocycles. The van der Waals surface area contributed by atoms with Crippen molar-refractivity contribution in [3.05, 3.63) is 46.1 Å². The molecule has 1 saturated carbocycles. The third-order valence-corrected chi connectivity index (χ3v) is 6.53. The fraction of sp³-hybridized carbons (Fsp3) is 0.524. The molecule has 1 amide bonds. The van der Waals surface area contributed by atoms with E-state index in [2.05, 4.69) is 15.2 Å². The fourth-order valence-electron chi connectivity index (χ4n) is 4.49. The van der Waals surface area contributed by atoms with Gasteiger partial charge >= 0.3 is 0 Å². The predicted molar refractivity (Wildman–Crippen MR) is 110 cm³/mol. The smallest absolute Gasteiger partial charge is 0.280 e. The summed E-state index contributed by atoms with van der Waals surface area (Å²) in [5, 5.41) is 8.85. The first kappa shape index (κ1) is 20.4. The Hall–Kier alpha value is -2.55. The quantitative estimate of drug-likeness (QED) is 0.580. The molecule has 1 saturated heterocycles. The SMILES string of the molecule is Cn1ncc(Cl)c1[C@@H]1CCCCCN1C(=O)c1cnn2c(C(F)F)cc(C3CC3)nc12. The average Bonchev–Trinajstić information content (AvgIpc) is 3.48. The second kappa shape index (κ2) is 7.85. The lowest BCUT2D eigenvalue weighted by atomic mass is 10.1. The topological polar surface area (TPSA) is 68.3 Å². The molecule has 3 aromatic rings. The summed E-state index contributed by atoms with van der Waals surface area (Å²) < 4.78 is 30.2. The second-order valence-corrected chi connectivity index (χ2v) is 8.75. The lowest BCUT2D eigenvalue weighted by molar-refractivity contribution is 0.0675. The molecule has 0 bridgehead atoms. The molecule has 0 spiro atoms. The summed E-state index contributed by atoms with van der Waals surface area (Å²) >= 11 is 6.41. The van der Waals surface area contributed by atoms with E-state index in [1.165, 1.54) is 12.3 Å². The van der Waals surface area contributed by atoms with Gasteiger partial charge in [0.15, 0.2) is 5.65 Å². The Morgan fingerprint density at radius 2 is 1.97 bits per heavy atom. The Kier molecular flexibility index (Phi) is 5.16. The van der Waals surface area contributed by atoms with Gasteiger partial charge in [-0.25, -0.2) is 18.3 Å². The van der Waals surface area contributed by atoms with Crippen molar-refractivity contribution in [1.82, 2.24) is 29.3 Å². The van der Waals surface area contributed by atoms with Crippen LogP contribution in [0.1, 0.15) is 84.3 Å². The van der Waals surface area contributed by atoms with Gasteiger partial charge in [0.1, 0.15) is 11.3 Å². The molecule has 1 atom stereocenters. The minimum absolute atomic E-state index is 0.180. The van der Waals surface area contributed by atoms with Crippen LogP contribution in [0.25, 0.3) is 5.65 Å². The number of carbonyl (C=O) groups excluding carboxylic acids is 1. The first-order valence-corrected chi connectivity index (χ1v) is 11.0. The van der Waals surface area contributed by atoms with E-state index in [0.717, 1.165) is 48.7 Å². The molecule has 0 unspecified atom stereocenters. The van der Waals surface area contributed by atoms with Gasteiger partial charge in [-0.2, -0.15) is 10.2 Å². The number of rotatable bonds is 4. The Balaban J connectivity index is 1.59. The lowest BCUT2D eigenvalue weighted by Gasteiger charge is -2.30.